The van der Waals surface area contributed by atoms with Crippen LogP contribution in [0, 0.1) is 6.07 Å². The average molecular weight is 297 g/mol. The second-order valence-corrected chi connectivity index (χ2v) is 5.04. The molecule has 0 saturated heterocycles. The number of carbonyl (C=O) groups is 1. The first-order valence-electron chi connectivity index (χ1n) is 7.05. The molecule has 0 aliphatic carbocycles. The van der Waals surface area contributed by atoms with E-state index in [2.05, 4.69) is 28.0 Å². The number of amides is 1. The molecular weight excluding hydrogens is 280 g/mol. The summed E-state index contributed by atoms with van der Waals surface area (Å²) in [6.07, 6.45) is 4.60. The number of rotatable bonds is 6. The number of benzene rings is 1. The van der Waals surface area contributed by atoms with E-state index < -0.39 is 5.91 Å². The van der Waals surface area contributed by atoms with Crippen LogP contribution in [-0.4, -0.2) is 27.4 Å². The average Bonchev–Trinajstić information content (AvgIpc) is 3.14. The molecule has 6 heteroatoms. The van der Waals surface area contributed by atoms with Crippen LogP contribution in [0.3, 0.4) is 0 Å². The smallest absolute Gasteiger partial charge is 0.269 e. The highest BCUT2D eigenvalue weighted by atomic mass is 16.5. The van der Waals surface area contributed by atoms with Crippen molar-refractivity contribution in [1.29, 1.82) is 0 Å². The molecule has 3 rings (SSSR count). The van der Waals surface area contributed by atoms with E-state index in [-0.39, 0.29) is 5.69 Å². The lowest BCUT2D eigenvalue weighted by molar-refractivity contribution is 0.0994. The first-order valence-corrected chi connectivity index (χ1v) is 7.05. The molecule has 22 heavy (non-hydrogen) atoms. The Morgan fingerprint density at radius 3 is 2.95 bits per heavy atom. The zero-order chi connectivity index (χ0) is 15.5. The number of nitrogens with zero attached hydrogens (tertiary/aromatic N) is 3. The molecule has 0 aliphatic rings. The van der Waals surface area contributed by atoms with Crippen LogP contribution in [0.25, 0.3) is 10.9 Å². The van der Waals surface area contributed by atoms with Crippen LogP contribution in [0.15, 0.2) is 36.7 Å². The number of carbonyl (C=O) groups excluding carboxylic acids is 1. The third-order valence-corrected chi connectivity index (χ3v) is 3.58. The highest BCUT2D eigenvalue weighted by Gasteiger charge is 2.06. The second kappa shape index (κ2) is 5.93. The zero-order valence-corrected chi connectivity index (χ0v) is 12.3. The fourth-order valence-corrected chi connectivity index (χ4v) is 2.45. The summed E-state index contributed by atoms with van der Waals surface area (Å²) in [5.74, 6) is 0.294. The quantitative estimate of drug-likeness (QED) is 0.754. The van der Waals surface area contributed by atoms with Gasteiger partial charge in [-0.1, -0.05) is 0 Å². The van der Waals surface area contributed by atoms with Crippen LogP contribution in [0.4, 0.5) is 0 Å². The van der Waals surface area contributed by atoms with E-state index in [1.807, 2.05) is 18.2 Å². The number of hydrogen-bond donors (Lipinski definition) is 1. The third-order valence-electron chi connectivity index (χ3n) is 3.58. The van der Waals surface area contributed by atoms with Crippen molar-refractivity contribution < 1.29 is 9.53 Å². The molecular formula is C16H17N4O2. The minimum atomic E-state index is -0.553. The van der Waals surface area contributed by atoms with E-state index in [1.165, 1.54) is 5.39 Å². The molecule has 0 saturated carbocycles. The second-order valence-electron chi connectivity index (χ2n) is 5.04. The van der Waals surface area contributed by atoms with Crippen molar-refractivity contribution in [3.05, 3.63) is 48.4 Å². The van der Waals surface area contributed by atoms with Crippen molar-refractivity contribution in [2.75, 3.05) is 7.11 Å². The van der Waals surface area contributed by atoms with Gasteiger partial charge in [0, 0.05) is 37.6 Å². The third kappa shape index (κ3) is 2.81. The van der Waals surface area contributed by atoms with E-state index in [9.17, 15) is 4.79 Å². The summed E-state index contributed by atoms with van der Waals surface area (Å²) in [5.41, 5.74) is 6.48. The van der Waals surface area contributed by atoms with Gasteiger partial charge in [0.1, 0.15) is 5.75 Å². The molecule has 1 aromatic carbocycles. The van der Waals surface area contributed by atoms with Gasteiger partial charge in [-0.2, -0.15) is 5.10 Å². The van der Waals surface area contributed by atoms with Gasteiger partial charge in [-0.15, -0.1) is 0 Å². The summed E-state index contributed by atoms with van der Waals surface area (Å²) in [4.78, 5) is 11.0. The number of hydrogen-bond acceptors (Lipinski definition) is 3. The predicted octanol–water partition coefficient (Wildman–Crippen LogP) is 1.84. The van der Waals surface area contributed by atoms with Crippen molar-refractivity contribution in [1.82, 2.24) is 14.3 Å². The highest BCUT2D eigenvalue weighted by molar-refractivity contribution is 5.90. The highest BCUT2D eigenvalue weighted by Crippen LogP contribution is 2.22. The lowest BCUT2D eigenvalue weighted by atomic mass is 10.2. The molecule has 6 nitrogen and oxygen atoms in total. The Balaban J connectivity index is 1.67. The van der Waals surface area contributed by atoms with Crippen LogP contribution in [-0.2, 0) is 13.1 Å². The first-order chi connectivity index (χ1) is 10.7. The molecule has 0 unspecified atom stereocenters. The number of fused-ring (bicyclic) bond motifs is 1. The van der Waals surface area contributed by atoms with Crippen molar-refractivity contribution in [2.24, 2.45) is 5.73 Å². The van der Waals surface area contributed by atoms with Gasteiger partial charge in [0.15, 0.2) is 5.69 Å². The van der Waals surface area contributed by atoms with Gasteiger partial charge < -0.3 is 15.0 Å². The SMILES string of the molecule is COc1ccc2ccn(CCCn3c[c]c(C(N)=O)n3)c2c1. The molecule has 0 atom stereocenters. The Kier molecular flexibility index (Phi) is 3.82. The van der Waals surface area contributed by atoms with Crippen LogP contribution < -0.4 is 10.5 Å². The molecule has 1 amide bonds. The zero-order valence-electron chi connectivity index (χ0n) is 12.3. The maximum Gasteiger partial charge on any atom is 0.269 e. The Morgan fingerprint density at radius 1 is 1.36 bits per heavy atom. The monoisotopic (exact) mass is 297 g/mol. The largest absolute Gasteiger partial charge is 0.497 e. The van der Waals surface area contributed by atoms with Gasteiger partial charge in [0.2, 0.25) is 0 Å². The normalized spacial score (nSPS) is 11.0. The number of aryl methyl sites for hydroxylation is 2. The fraction of sp³-hybridized carbons (Fsp3) is 0.250. The lowest BCUT2D eigenvalue weighted by Gasteiger charge is -2.07. The Morgan fingerprint density at radius 2 is 2.23 bits per heavy atom. The van der Waals surface area contributed by atoms with Gasteiger partial charge in [0.25, 0.3) is 5.91 Å². The van der Waals surface area contributed by atoms with Gasteiger partial charge in [0.05, 0.1) is 12.6 Å². The molecule has 0 bridgehead atoms. The van der Waals surface area contributed by atoms with Gasteiger partial charge in [-0.3, -0.25) is 9.48 Å². The van der Waals surface area contributed by atoms with E-state index >= 15 is 0 Å². The van der Waals surface area contributed by atoms with E-state index in [0.717, 1.165) is 24.2 Å². The maximum absolute atomic E-state index is 11.0. The fourth-order valence-electron chi connectivity index (χ4n) is 2.45. The number of ether oxygens (including phenoxy) is 1. The molecule has 3 aromatic rings. The predicted molar refractivity (Wildman–Crippen MR) is 82.7 cm³/mol. The molecule has 1 radical (unpaired) electrons. The first kappa shape index (κ1) is 14.2. The Labute approximate surface area is 128 Å². The summed E-state index contributed by atoms with van der Waals surface area (Å²) in [5, 5.41) is 5.26. The standard InChI is InChI=1S/C16H17N4O2/c1-22-13-4-3-12-5-9-19(15(12)11-13)7-2-8-20-10-6-14(18-20)16(17)21/h3-5,9-11H,2,7-8H2,1H3,(H2,17,21). The van der Waals surface area contributed by atoms with Crippen LogP contribution >= 0.6 is 0 Å². The topological polar surface area (TPSA) is 75.1 Å². The lowest BCUT2D eigenvalue weighted by Crippen LogP contribution is -2.13. The minimum absolute atomic E-state index is 0.177. The van der Waals surface area contributed by atoms with Gasteiger partial charge in [-0.25, -0.2) is 0 Å². The molecule has 2 N–H and O–H groups in total. The molecule has 2 heterocycles. The molecule has 113 valence electrons. The summed E-state index contributed by atoms with van der Waals surface area (Å²) >= 11 is 0. The van der Waals surface area contributed by atoms with Crippen molar-refractivity contribution in [2.45, 2.75) is 19.5 Å². The Bertz CT molecular complexity index is 803. The van der Waals surface area contributed by atoms with E-state index in [0.29, 0.717) is 6.54 Å². The number of aromatic nitrogens is 3. The maximum atomic E-state index is 11.0. The molecule has 0 spiro atoms. The summed E-state index contributed by atoms with van der Waals surface area (Å²) in [7, 11) is 1.67. The van der Waals surface area contributed by atoms with E-state index in [4.69, 9.17) is 10.5 Å². The number of methoxy groups -OCH3 is 1. The number of nitrogens with two attached hydrogens (primary N) is 1. The Hall–Kier alpha value is -2.76. The van der Waals surface area contributed by atoms with Crippen LogP contribution in [0.1, 0.15) is 16.9 Å². The summed E-state index contributed by atoms with van der Waals surface area (Å²) in [6.45, 7) is 1.55. The summed E-state index contributed by atoms with van der Waals surface area (Å²) in [6, 6.07) is 10.9. The summed E-state index contributed by atoms with van der Waals surface area (Å²) < 4.78 is 9.14. The van der Waals surface area contributed by atoms with Gasteiger partial charge >= 0.3 is 0 Å². The van der Waals surface area contributed by atoms with Crippen molar-refractivity contribution in [3.63, 3.8) is 0 Å². The van der Waals surface area contributed by atoms with Crippen LogP contribution in [0.5, 0.6) is 5.75 Å². The van der Waals surface area contributed by atoms with E-state index in [1.54, 1.807) is 18.0 Å². The van der Waals surface area contributed by atoms with Crippen molar-refractivity contribution in [3.8, 4) is 5.75 Å². The number of primary amides is 1. The molecule has 0 aliphatic heterocycles. The van der Waals surface area contributed by atoms with Crippen molar-refractivity contribution >= 4 is 16.8 Å². The minimum Gasteiger partial charge on any atom is -0.497 e. The van der Waals surface area contributed by atoms with Gasteiger partial charge in [-0.05, 0) is 30.0 Å². The van der Waals surface area contributed by atoms with Crippen LogP contribution in [0.2, 0.25) is 0 Å². The molecule has 0 fully saturated rings. The molecule has 2 aromatic heterocycles.